The number of nitrogens with zero attached hydrogens (tertiary/aromatic N) is 1. The Morgan fingerprint density at radius 3 is 2.84 bits per heavy atom. The molecule has 0 bridgehead atoms. The first-order valence-electron chi connectivity index (χ1n) is 5.67. The van der Waals surface area contributed by atoms with Crippen molar-refractivity contribution in [1.29, 1.82) is 0 Å². The van der Waals surface area contributed by atoms with Crippen LogP contribution in [0.3, 0.4) is 0 Å². The molecule has 0 fully saturated rings. The lowest BCUT2D eigenvalue weighted by Crippen LogP contribution is -1.97. The van der Waals surface area contributed by atoms with Crippen molar-refractivity contribution >= 4 is 28.9 Å². The molecule has 0 saturated heterocycles. The number of thiazole rings is 1. The molecule has 1 heterocycles. The van der Waals surface area contributed by atoms with Gasteiger partial charge in [-0.2, -0.15) is 0 Å². The van der Waals surface area contributed by atoms with Gasteiger partial charge >= 0.3 is 5.97 Å². The summed E-state index contributed by atoms with van der Waals surface area (Å²) in [5, 5.41) is 9.69. The molecule has 3 nitrogen and oxygen atoms in total. The van der Waals surface area contributed by atoms with Crippen LogP contribution in [0.5, 0.6) is 0 Å². The average Bonchev–Trinajstić information content (AvgIpc) is 2.78. The second-order valence-electron chi connectivity index (χ2n) is 3.93. The van der Waals surface area contributed by atoms with Crippen LogP contribution >= 0.6 is 22.9 Å². The third-order valence-corrected chi connectivity index (χ3v) is 4.02. The molecule has 0 aliphatic rings. The number of hydrogen-bond acceptors (Lipinski definition) is 3. The molecule has 1 aromatic carbocycles. The van der Waals surface area contributed by atoms with Crippen molar-refractivity contribution in [3.63, 3.8) is 0 Å². The molecular formula is C13H11ClFNO2S. The largest absolute Gasteiger partial charge is 0.477 e. The summed E-state index contributed by atoms with van der Waals surface area (Å²) >= 11 is 6.79. The second-order valence-corrected chi connectivity index (χ2v) is 5.42. The number of carbonyl (C=O) groups is 1. The van der Waals surface area contributed by atoms with E-state index in [1.165, 1.54) is 6.07 Å². The highest BCUT2D eigenvalue weighted by atomic mass is 35.5. The van der Waals surface area contributed by atoms with Crippen molar-refractivity contribution in [2.45, 2.75) is 19.8 Å². The van der Waals surface area contributed by atoms with Gasteiger partial charge in [0.05, 0.1) is 15.7 Å². The Balaban J connectivity index is 2.33. The monoisotopic (exact) mass is 299 g/mol. The Bertz CT molecular complexity index is 627. The van der Waals surface area contributed by atoms with Gasteiger partial charge in [0.25, 0.3) is 0 Å². The first-order valence-corrected chi connectivity index (χ1v) is 6.87. The topological polar surface area (TPSA) is 50.2 Å². The smallest absolute Gasteiger partial charge is 0.347 e. The summed E-state index contributed by atoms with van der Waals surface area (Å²) in [7, 11) is 0. The zero-order valence-electron chi connectivity index (χ0n) is 10.1. The third-order valence-electron chi connectivity index (χ3n) is 2.64. The van der Waals surface area contributed by atoms with E-state index in [9.17, 15) is 9.18 Å². The zero-order chi connectivity index (χ0) is 14.0. The van der Waals surface area contributed by atoms with E-state index in [1.54, 1.807) is 12.1 Å². The van der Waals surface area contributed by atoms with E-state index < -0.39 is 11.8 Å². The molecule has 19 heavy (non-hydrogen) atoms. The molecule has 0 spiro atoms. The minimum atomic E-state index is -0.993. The summed E-state index contributed by atoms with van der Waals surface area (Å²) < 4.78 is 13.8. The van der Waals surface area contributed by atoms with E-state index in [1.807, 2.05) is 6.92 Å². The predicted molar refractivity (Wildman–Crippen MR) is 72.7 cm³/mol. The van der Waals surface area contributed by atoms with Gasteiger partial charge in [-0.15, -0.1) is 11.3 Å². The van der Waals surface area contributed by atoms with E-state index in [0.29, 0.717) is 22.7 Å². The van der Waals surface area contributed by atoms with Crippen LogP contribution in [0.25, 0.3) is 0 Å². The SMILES string of the molecule is CCc1nc(Cc2cccc(Cl)c2F)sc1C(=O)O. The molecule has 0 radical (unpaired) electrons. The van der Waals surface area contributed by atoms with E-state index in [2.05, 4.69) is 4.98 Å². The lowest BCUT2D eigenvalue weighted by Gasteiger charge is -2.01. The van der Waals surface area contributed by atoms with Crippen molar-refractivity contribution in [3.05, 3.63) is 50.2 Å². The highest BCUT2D eigenvalue weighted by Crippen LogP contribution is 2.25. The van der Waals surface area contributed by atoms with Gasteiger partial charge in [0.15, 0.2) is 0 Å². The van der Waals surface area contributed by atoms with E-state index in [4.69, 9.17) is 16.7 Å². The van der Waals surface area contributed by atoms with Crippen LogP contribution in [0.1, 0.15) is 32.9 Å². The molecule has 100 valence electrons. The molecule has 0 aliphatic heterocycles. The van der Waals surface area contributed by atoms with Crippen molar-refractivity contribution < 1.29 is 14.3 Å². The van der Waals surface area contributed by atoms with Crippen molar-refractivity contribution in [3.8, 4) is 0 Å². The van der Waals surface area contributed by atoms with Gasteiger partial charge in [-0.05, 0) is 18.1 Å². The fourth-order valence-corrected chi connectivity index (χ4v) is 2.94. The van der Waals surface area contributed by atoms with Crippen LogP contribution in [0, 0.1) is 5.82 Å². The lowest BCUT2D eigenvalue weighted by atomic mass is 10.1. The van der Waals surface area contributed by atoms with Gasteiger partial charge in [0.1, 0.15) is 10.7 Å². The Hall–Kier alpha value is -1.46. The molecule has 0 amide bonds. The van der Waals surface area contributed by atoms with Gasteiger partial charge < -0.3 is 5.11 Å². The van der Waals surface area contributed by atoms with Crippen molar-refractivity contribution in [2.75, 3.05) is 0 Å². The maximum absolute atomic E-state index is 13.8. The Morgan fingerprint density at radius 1 is 1.53 bits per heavy atom. The highest BCUT2D eigenvalue weighted by Gasteiger charge is 2.17. The summed E-state index contributed by atoms with van der Waals surface area (Å²) in [4.78, 5) is 15.5. The second kappa shape index (κ2) is 5.67. The van der Waals surface area contributed by atoms with E-state index in [-0.39, 0.29) is 16.3 Å². The molecule has 0 saturated carbocycles. The fraction of sp³-hybridized carbons (Fsp3) is 0.231. The maximum Gasteiger partial charge on any atom is 0.347 e. The zero-order valence-corrected chi connectivity index (χ0v) is 11.7. The van der Waals surface area contributed by atoms with Gasteiger partial charge in [-0.1, -0.05) is 30.7 Å². The molecule has 1 N–H and O–H groups in total. The number of halogens is 2. The first-order chi connectivity index (χ1) is 9.02. The van der Waals surface area contributed by atoms with Crippen LogP contribution in [-0.4, -0.2) is 16.1 Å². The quantitative estimate of drug-likeness (QED) is 0.934. The van der Waals surface area contributed by atoms with Gasteiger partial charge in [0, 0.05) is 6.42 Å². The lowest BCUT2D eigenvalue weighted by molar-refractivity contribution is 0.0701. The molecular weight excluding hydrogens is 289 g/mol. The highest BCUT2D eigenvalue weighted by molar-refractivity contribution is 7.13. The van der Waals surface area contributed by atoms with E-state index in [0.717, 1.165) is 11.3 Å². The van der Waals surface area contributed by atoms with Crippen molar-refractivity contribution in [2.24, 2.45) is 0 Å². The summed E-state index contributed by atoms with van der Waals surface area (Å²) in [5.41, 5.74) is 0.954. The molecule has 2 aromatic rings. The van der Waals surface area contributed by atoms with Crippen LogP contribution in [0.2, 0.25) is 5.02 Å². The van der Waals surface area contributed by atoms with Crippen LogP contribution in [0.4, 0.5) is 4.39 Å². The molecule has 0 atom stereocenters. The predicted octanol–water partition coefficient (Wildman–Crippen LogP) is 3.79. The number of aromatic carboxylic acids is 1. The van der Waals surface area contributed by atoms with Crippen LogP contribution in [0.15, 0.2) is 18.2 Å². The van der Waals surface area contributed by atoms with Crippen LogP contribution in [-0.2, 0) is 12.8 Å². The van der Waals surface area contributed by atoms with Crippen LogP contribution < -0.4 is 0 Å². The maximum atomic E-state index is 13.8. The summed E-state index contributed by atoms with van der Waals surface area (Å²) in [5.74, 6) is -1.47. The molecule has 6 heteroatoms. The third kappa shape index (κ3) is 2.93. The van der Waals surface area contributed by atoms with Crippen molar-refractivity contribution in [1.82, 2.24) is 4.98 Å². The number of rotatable bonds is 4. The summed E-state index contributed by atoms with van der Waals surface area (Å²) in [6.07, 6.45) is 0.785. The number of carboxylic acid groups (broad SMARTS) is 1. The number of aromatic nitrogens is 1. The van der Waals surface area contributed by atoms with Gasteiger partial charge in [0.2, 0.25) is 0 Å². The standard InChI is InChI=1S/C13H11ClFNO2S/c1-2-9-12(13(17)18)19-10(16-9)6-7-4-3-5-8(14)11(7)15/h3-5H,2,6H2,1H3,(H,17,18). The number of hydrogen-bond donors (Lipinski definition) is 1. The number of aryl methyl sites for hydroxylation is 1. The normalized spacial score (nSPS) is 10.7. The first kappa shape index (κ1) is 14.0. The molecule has 0 aliphatic carbocycles. The number of benzene rings is 1. The minimum Gasteiger partial charge on any atom is -0.477 e. The van der Waals surface area contributed by atoms with Gasteiger partial charge in [-0.25, -0.2) is 14.2 Å². The summed E-state index contributed by atoms with van der Waals surface area (Å²) in [6, 6.07) is 4.75. The summed E-state index contributed by atoms with van der Waals surface area (Å²) in [6.45, 7) is 1.84. The molecule has 0 unspecified atom stereocenters. The number of carboxylic acids is 1. The Morgan fingerprint density at radius 2 is 2.26 bits per heavy atom. The van der Waals surface area contributed by atoms with Gasteiger partial charge in [-0.3, -0.25) is 0 Å². The fourth-order valence-electron chi connectivity index (χ4n) is 1.73. The molecule has 2 rings (SSSR count). The Kier molecular flexibility index (Phi) is 4.17. The Labute approximate surface area is 118 Å². The molecule has 1 aromatic heterocycles. The minimum absolute atomic E-state index is 0.0585. The average molecular weight is 300 g/mol. The van der Waals surface area contributed by atoms with E-state index >= 15 is 0 Å².